The van der Waals surface area contributed by atoms with Crippen molar-refractivity contribution in [1.29, 1.82) is 0 Å². The maximum atomic E-state index is 13.6. The second-order valence-electron chi connectivity index (χ2n) is 5.63. The Hall–Kier alpha value is -3.30. The lowest BCUT2D eigenvalue weighted by molar-refractivity contribution is -0.123. The summed E-state index contributed by atoms with van der Waals surface area (Å²) in [5.74, 6) is -3.87. The third kappa shape index (κ3) is 6.09. The lowest BCUT2D eigenvalue weighted by atomic mass is 10.2. The summed E-state index contributed by atoms with van der Waals surface area (Å²) in [4.78, 5) is 24.3. The summed E-state index contributed by atoms with van der Waals surface area (Å²) in [5, 5.41) is 2.11. The highest BCUT2D eigenvalue weighted by atomic mass is 19.3. The van der Waals surface area contributed by atoms with Crippen LogP contribution in [0.3, 0.4) is 0 Å². The van der Waals surface area contributed by atoms with Crippen LogP contribution < -0.4 is 14.8 Å². The average molecular weight is 415 g/mol. The van der Waals surface area contributed by atoms with Crippen molar-refractivity contribution in [1.82, 2.24) is 0 Å². The molecular weight excluding hydrogens is 398 g/mol. The second-order valence-corrected chi connectivity index (χ2v) is 5.63. The fraction of sp³-hybridized carbons (Fsp3) is 0.263. The van der Waals surface area contributed by atoms with E-state index in [4.69, 9.17) is 9.47 Å². The molecule has 0 aromatic heterocycles. The normalized spacial score (nSPS) is 11.7. The Labute approximate surface area is 163 Å². The van der Waals surface area contributed by atoms with Gasteiger partial charge in [-0.2, -0.15) is 8.78 Å². The first-order valence-electron chi connectivity index (χ1n) is 8.39. The minimum absolute atomic E-state index is 0.0911. The van der Waals surface area contributed by atoms with E-state index in [1.165, 1.54) is 6.92 Å². The van der Waals surface area contributed by atoms with Gasteiger partial charge in [0.1, 0.15) is 11.6 Å². The second kappa shape index (κ2) is 9.76. The fourth-order valence-corrected chi connectivity index (χ4v) is 2.21. The highest BCUT2D eigenvalue weighted by Gasteiger charge is 2.22. The quantitative estimate of drug-likeness (QED) is 0.518. The summed E-state index contributed by atoms with van der Waals surface area (Å²) in [6.45, 7) is -0.133. The topological polar surface area (TPSA) is 73.9 Å². The Morgan fingerprint density at radius 2 is 1.79 bits per heavy atom. The number of ether oxygens (including phenoxy) is 3. The molecule has 1 amide bonds. The van der Waals surface area contributed by atoms with Gasteiger partial charge in [-0.3, -0.25) is 4.79 Å². The van der Waals surface area contributed by atoms with Crippen molar-refractivity contribution in [2.24, 2.45) is 0 Å². The molecule has 2 aromatic rings. The predicted octanol–water partition coefficient (Wildman–Crippen LogP) is 4.15. The van der Waals surface area contributed by atoms with Crippen LogP contribution in [-0.2, 0) is 9.53 Å². The molecule has 1 atom stereocenters. The first-order valence-corrected chi connectivity index (χ1v) is 8.39. The van der Waals surface area contributed by atoms with Gasteiger partial charge in [-0.1, -0.05) is 0 Å². The number of alkyl halides is 2. The van der Waals surface area contributed by atoms with Crippen LogP contribution in [0.5, 0.6) is 11.5 Å². The molecule has 0 saturated heterocycles. The Bertz CT molecular complexity index is 891. The van der Waals surface area contributed by atoms with Gasteiger partial charge in [0.2, 0.25) is 0 Å². The Morgan fingerprint density at radius 1 is 1.07 bits per heavy atom. The molecule has 0 aliphatic carbocycles. The van der Waals surface area contributed by atoms with E-state index in [0.29, 0.717) is 0 Å². The third-order valence-electron chi connectivity index (χ3n) is 3.53. The van der Waals surface area contributed by atoms with Gasteiger partial charge in [-0.15, -0.1) is 0 Å². The van der Waals surface area contributed by atoms with Gasteiger partial charge in [-0.25, -0.2) is 13.6 Å². The van der Waals surface area contributed by atoms with Gasteiger partial charge in [-0.05, 0) is 44.2 Å². The molecule has 0 radical (unpaired) electrons. The molecule has 0 bridgehead atoms. The van der Waals surface area contributed by atoms with Crippen molar-refractivity contribution < 1.29 is 41.4 Å². The van der Waals surface area contributed by atoms with Crippen molar-refractivity contribution in [3.63, 3.8) is 0 Å². The zero-order valence-electron chi connectivity index (χ0n) is 15.4. The van der Waals surface area contributed by atoms with E-state index < -0.39 is 41.9 Å². The number of carbonyl (C=O) groups excluding carboxylic acids is 2. The molecule has 29 heavy (non-hydrogen) atoms. The van der Waals surface area contributed by atoms with Gasteiger partial charge < -0.3 is 19.5 Å². The minimum Gasteiger partial charge on any atom is -0.490 e. The van der Waals surface area contributed by atoms with Crippen LogP contribution in [0.2, 0.25) is 0 Å². The molecule has 1 N–H and O–H groups in total. The highest BCUT2D eigenvalue weighted by Crippen LogP contribution is 2.30. The van der Waals surface area contributed by atoms with E-state index in [2.05, 4.69) is 10.1 Å². The average Bonchev–Trinajstić information content (AvgIpc) is 2.65. The van der Waals surface area contributed by atoms with Crippen LogP contribution in [0.25, 0.3) is 0 Å². The van der Waals surface area contributed by atoms with E-state index in [-0.39, 0.29) is 23.7 Å². The van der Waals surface area contributed by atoms with Crippen molar-refractivity contribution in [3.8, 4) is 11.5 Å². The Kier molecular flexibility index (Phi) is 7.40. The molecule has 0 fully saturated rings. The number of benzene rings is 2. The molecule has 0 aliphatic heterocycles. The van der Waals surface area contributed by atoms with E-state index in [0.717, 1.165) is 36.4 Å². The molecule has 0 spiro atoms. The number of anilines is 1. The van der Waals surface area contributed by atoms with Crippen molar-refractivity contribution in [2.75, 3.05) is 11.9 Å². The first-order chi connectivity index (χ1) is 13.7. The van der Waals surface area contributed by atoms with Crippen LogP contribution in [0.1, 0.15) is 24.2 Å². The van der Waals surface area contributed by atoms with Crippen LogP contribution >= 0.6 is 0 Å². The van der Waals surface area contributed by atoms with Crippen LogP contribution in [0.15, 0.2) is 36.4 Å². The summed E-state index contributed by atoms with van der Waals surface area (Å²) >= 11 is 0. The van der Waals surface area contributed by atoms with Gasteiger partial charge in [0, 0.05) is 6.07 Å². The number of carbonyl (C=O) groups is 2. The molecular formula is C19H17F4NO5. The number of hydrogen-bond acceptors (Lipinski definition) is 5. The van der Waals surface area contributed by atoms with E-state index in [9.17, 15) is 27.2 Å². The first kappa shape index (κ1) is 22.0. The molecule has 2 aromatic carbocycles. The monoisotopic (exact) mass is 415 g/mol. The number of nitrogens with one attached hydrogen (secondary N) is 1. The fourth-order valence-electron chi connectivity index (χ4n) is 2.21. The lowest BCUT2D eigenvalue weighted by Crippen LogP contribution is -2.30. The zero-order chi connectivity index (χ0) is 21.6. The van der Waals surface area contributed by atoms with E-state index in [1.54, 1.807) is 6.92 Å². The smallest absolute Gasteiger partial charge is 0.387 e. The number of amides is 1. The largest absolute Gasteiger partial charge is 0.490 e. The maximum Gasteiger partial charge on any atom is 0.387 e. The summed E-state index contributed by atoms with van der Waals surface area (Å²) in [5.41, 5.74) is -0.503. The molecule has 0 heterocycles. The summed E-state index contributed by atoms with van der Waals surface area (Å²) < 4.78 is 66.1. The standard InChI is InChI=1S/C19H17F4NO5/c1-3-27-16-8-11(4-7-15(16)29-19(22)23)18(26)28-10(2)17(25)24-14-9-12(20)5-6-13(14)21/h4-10,19H,3H2,1-2H3,(H,24,25)/t10-/m1/s1. The summed E-state index contributed by atoms with van der Waals surface area (Å²) in [6.07, 6.45) is -1.36. The maximum absolute atomic E-state index is 13.6. The number of hydrogen-bond donors (Lipinski definition) is 1. The molecule has 0 aliphatic rings. The molecule has 10 heteroatoms. The summed E-state index contributed by atoms with van der Waals surface area (Å²) in [6, 6.07) is 5.87. The minimum atomic E-state index is -3.08. The van der Waals surface area contributed by atoms with Gasteiger partial charge >= 0.3 is 12.6 Å². The van der Waals surface area contributed by atoms with Gasteiger partial charge in [0.15, 0.2) is 17.6 Å². The van der Waals surface area contributed by atoms with Gasteiger partial charge in [0.05, 0.1) is 17.9 Å². The SMILES string of the molecule is CCOc1cc(C(=O)O[C@H](C)C(=O)Nc2cc(F)ccc2F)ccc1OC(F)F. The van der Waals surface area contributed by atoms with Crippen molar-refractivity contribution >= 4 is 17.6 Å². The Balaban J connectivity index is 2.09. The Morgan fingerprint density at radius 3 is 2.45 bits per heavy atom. The van der Waals surface area contributed by atoms with Crippen LogP contribution in [0, 0.1) is 11.6 Å². The molecule has 2 rings (SSSR count). The number of esters is 1. The third-order valence-corrected chi connectivity index (χ3v) is 3.53. The van der Waals surface area contributed by atoms with Crippen LogP contribution in [-0.4, -0.2) is 31.2 Å². The van der Waals surface area contributed by atoms with Crippen molar-refractivity contribution in [3.05, 3.63) is 53.6 Å². The highest BCUT2D eigenvalue weighted by molar-refractivity contribution is 5.97. The van der Waals surface area contributed by atoms with E-state index >= 15 is 0 Å². The number of rotatable bonds is 8. The molecule has 156 valence electrons. The molecule has 0 saturated carbocycles. The lowest BCUT2D eigenvalue weighted by Gasteiger charge is -2.15. The molecule has 6 nitrogen and oxygen atoms in total. The van der Waals surface area contributed by atoms with Gasteiger partial charge in [0.25, 0.3) is 5.91 Å². The number of halogens is 4. The molecule has 0 unspecified atom stereocenters. The summed E-state index contributed by atoms with van der Waals surface area (Å²) in [7, 11) is 0. The zero-order valence-corrected chi connectivity index (χ0v) is 15.4. The van der Waals surface area contributed by atoms with Crippen LogP contribution in [0.4, 0.5) is 23.2 Å². The van der Waals surface area contributed by atoms with E-state index in [1.807, 2.05) is 0 Å². The van der Waals surface area contributed by atoms with Crippen molar-refractivity contribution in [2.45, 2.75) is 26.6 Å². The predicted molar refractivity (Wildman–Crippen MR) is 94.1 cm³/mol.